The molecule has 1 rings (SSSR count). The molecule has 0 spiro atoms. The van der Waals surface area contributed by atoms with E-state index in [0.717, 1.165) is 25.8 Å². The van der Waals surface area contributed by atoms with E-state index in [9.17, 15) is 9.36 Å². The third-order valence-electron chi connectivity index (χ3n) is 2.26. The minimum atomic E-state index is -3.22. The third kappa shape index (κ3) is 10.1. The van der Waals surface area contributed by atoms with Crippen LogP contribution in [-0.4, -0.2) is 32.3 Å². The standard InChI is InChI=1S/C6H11NO.C6H15O4P/c8-6-4-2-1-3-5-7-6;1-4-8-11(7,9-5-2)10-6-3/h1-5H2,(H,7,8);4-6H2,1-3H3. The van der Waals surface area contributed by atoms with E-state index >= 15 is 0 Å². The summed E-state index contributed by atoms with van der Waals surface area (Å²) in [6.45, 7) is 7.10. The fourth-order valence-corrected chi connectivity index (χ4v) is 2.66. The maximum Gasteiger partial charge on any atom is 0.474 e. The van der Waals surface area contributed by atoms with Crippen LogP contribution in [0.25, 0.3) is 0 Å². The Balaban J connectivity index is 0.000000356. The van der Waals surface area contributed by atoms with Gasteiger partial charge in [-0.05, 0) is 33.6 Å². The highest BCUT2D eigenvalue weighted by molar-refractivity contribution is 7.48. The largest absolute Gasteiger partial charge is 0.474 e. The van der Waals surface area contributed by atoms with Gasteiger partial charge in [0.25, 0.3) is 0 Å². The van der Waals surface area contributed by atoms with E-state index in [1.165, 1.54) is 6.42 Å². The van der Waals surface area contributed by atoms with Crippen LogP contribution in [0.3, 0.4) is 0 Å². The highest BCUT2D eigenvalue weighted by atomic mass is 31.2. The van der Waals surface area contributed by atoms with Crippen LogP contribution in [0.4, 0.5) is 0 Å². The molecule has 0 aliphatic carbocycles. The zero-order valence-electron chi connectivity index (χ0n) is 12.1. The highest BCUT2D eigenvalue weighted by Crippen LogP contribution is 2.48. The molecule has 6 nitrogen and oxygen atoms in total. The van der Waals surface area contributed by atoms with Crippen molar-refractivity contribution in [3.8, 4) is 0 Å². The Kier molecular flexibility index (Phi) is 11.2. The Hall–Kier alpha value is -0.420. The number of hydrogen-bond donors (Lipinski definition) is 1. The fourth-order valence-electron chi connectivity index (χ4n) is 1.49. The molecule has 0 atom stereocenters. The summed E-state index contributed by atoms with van der Waals surface area (Å²) in [4.78, 5) is 10.6. The summed E-state index contributed by atoms with van der Waals surface area (Å²) < 4.78 is 25.8. The summed E-state index contributed by atoms with van der Waals surface area (Å²) in [5.74, 6) is 0.225. The first-order chi connectivity index (χ1) is 9.08. The second kappa shape index (κ2) is 11.4. The van der Waals surface area contributed by atoms with Gasteiger partial charge in [0.2, 0.25) is 5.91 Å². The molecular weight excluding hydrogens is 269 g/mol. The highest BCUT2D eigenvalue weighted by Gasteiger charge is 2.23. The van der Waals surface area contributed by atoms with Gasteiger partial charge in [-0.1, -0.05) is 6.42 Å². The summed E-state index contributed by atoms with van der Waals surface area (Å²) in [5, 5.41) is 2.81. The Morgan fingerprint density at radius 2 is 1.53 bits per heavy atom. The Morgan fingerprint density at radius 1 is 1.00 bits per heavy atom. The van der Waals surface area contributed by atoms with Crippen LogP contribution >= 0.6 is 7.82 Å². The molecule has 7 heteroatoms. The molecule has 1 N–H and O–H groups in total. The van der Waals surface area contributed by atoms with Gasteiger partial charge in [-0.3, -0.25) is 18.4 Å². The van der Waals surface area contributed by atoms with Crippen molar-refractivity contribution in [2.45, 2.75) is 46.5 Å². The maximum absolute atomic E-state index is 11.3. The average Bonchev–Trinajstić information content (AvgIpc) is 2.58. The topological polar surface area (TPSA) is 73.9 Å². The van der Waals surface area contributed by atoms with Crippen molar-refractivity contribution in [3.05, 3.63) is 0 Å². The molecule has 1 amide bonds. The quantitative estimate of drug-likeness (QED) is 0.763. The molecule has 0 unspecified atom stereocenters. The second-order valence-electron chi connectivity index (χ2n) is 3.86. The number of carbonyl (C=O) groups is 1. The molecule has 0 saturated carbocycles. The number of phosphoric acid groups is 1. The van der Waals surface area contributed by atoms with E-state index < -0.39 is 7.82 Å². The van der Waals surface area contributed by atoms with Gasteiger partial charge in [0.05, 0.1) is 19.8 Å². The van der Waals surface area contributed by atoms with Gasteiger partial charge < -0.3 is 5.32 Å². The Bertz CT molecular complexity index is 252. The lowest BCUT2D eigenvalue weighted by atomic mass is 10.2. The van der Waals surface area contributed by atoms with E-state index in [1.54, 1.807) is 20.8 Å². The minimum absolute atomic E-state index is 0.225. The van der Waals surface area contributed by atoms with Gasteiger partial charge in [0.1, 0.15) is 0 Å². The molecule has 1 heterocycles. The van der Waals surface area contributed by atoms with Crippen molar-refractivity contribution in [1.82, 2.24) is 5.32 Å². The monoisotopic (exact) mass is 295 g/mol. The van der Waals surface area contributed by atoms with Crippen LogP contribution in [0, 0.1) is 0 Å². The molecule has 0 bridgehead atoms. The minimum Gasteiger partial charge on any atom is -0.356 e. The van der Waals surface area contributed by atoms with Gasteiger partial charge >= 0.3 is 7.82 Å². The SMILES string of the molecule is CCOP(=O)(OCC)OCC.O=C1CCCCCN1. The smallest absolute Gasteiger partial charge is 0.356 e. The number of carbonyl (C=O) groups excluding carboxylic acids is 1. The van der Waals surface area contributed by atoms with Crippen molar-refractivity contribution in [1.29, 1.82) is 0 Å². The van der Waals surface area contributed by atoms with Crippen LogP contribution in [0.1, 0.15) is 46.5 Å². The summed E-state index contributed by atoms with van der Waals surface area (Å²) in [6.07, 6.45) is 4.18. The fraction of sp³-hybridized carbons (Fsp3) is 0.917. The summed E-state index contributed by atoms with van der Waals surface area (Å²) in [6, 6.07) is 0. The van der Waals surface area contributed by atoms with Gasteiger partial charge in [-0.15, -0.1) is 0 Å². The van der Waals surface area contributed by atoms with Crippen molar-refractivity contribution in [2.24, 2.45) is 0 Å². The molecule has 0 radical (unpaired) electrons. The molecule has 1 fully saturated rings. The first kappa shape index (κ1) is 18.6. The van der Waals surface area contributed by atoms with E-state index in [2.05, 4.69) is 5.32 Å². The summed E-state index contributed by atoms with van der Waals surface area (Å²) in [5.41, 5.74) is 0. The normalized spacial score (nSPS) is 16.1. The first-order valence-corrected chi connectivity index (χ1v) is 8.34. The number of rotatable bonds is 6. The molecule has 1 aliphatic heterocycles. The average molecular weight is 295 g/mol. The van der Waals surface area contributed by atoms with Crippen molar-refractivity contribution < 1.29 is 22.9 Å². The van der Waals surface area contributed by atoms with E-state index in [1.807, 2.05) is 0 Å². The second-order valence-corrected chi connectivity index (χ2v) is 5.53. The zero-order valence-corrected chi connectivity index (χ0v) is 13.0. The first-order valence-electron chi connectivity index (χ1n) is 6.88. The van der Waals surface area contributed by atoms with Crippen LogP contribution in [0.5, 0.6) is 0 Å². The van der Waals surface area contributed by atoms with Gasteiger partial charge in [-0.2, -0.15) is 0 Å². The van der Waals surface area contributed by atoms with Crippen molar-refractivity contribution >= 4 is 13.7 Å². The third-order valence-corrected chi connectivity index (χ3v) is 3.99. The lowest BCUT2D eigenvalue weighted by Gasteiger charge is -2.14. The molecule has 0 aromatic heterocycles. The van der Waals surface area contributed by atoms with Crippen LogP contribution in [0.15, 0.2) is 0 Å². The number of phosphoric ester groups is 1. The van der Waals surface area contributed by atoms with E-state index in [-0.39, 0.29) is 5.91 Å². The Labute approximate surface area is 115 Å². The van der Waals surface area contributed by atoms with Gasteiger partial charge in [0.15, 0.2) is 0 Å². The molecule has 19 heavy (non-hydrogen) atoms. The molecule has 0 aromatic rings. The van der Waals surface area contributed by atoms with Crippen LogP contribution in [-0.2, 0) is 22.9 Å². The van der Waals surface area contributed by atoms with E-state index in [4.69, 9.17) is 13.6 Å². The van der Waals surface area contributed by atoms with E-state index in [0.29, 0.717) is 19.8 Å². The van der Waals surface area contributed by atoms with Crippen LogP contribution in [0.2, 0.25) is 0 Å². The summed E-state index contributed by atoms with van der Waals surface area (Å²) in [7, 11) is -3.22. The maximum atomic E-state index is 11.3. The summed E-state index contributed by atoms with van der Waals surface area (Å²) >= 11 is 0. The van der Waals surface area contributed by atoms with Gasteiger partial charge in [0, 0.05) is 13.0 Å². The van der Waals surface area contributed by atoms with Gasteiger partial charge in [-0.25, -0.2) is 4.57 Å². The van der Waals surface area contributed by atoms with Crippen molar-refractivity contribution in [2.75, 3.05) is 26.4 Å². The number of nitrogens with one attached hydrogen (secondary N) is 1. The lowest BCUT2D eigenvalue weighted by molar-refractivity contribution is -0.120. The molecule has 0 aromatic carbocycles. The van der Waals surface area contributed by atoms with Crippen molar-refractivity contribution in [3.63, 3.8) is 0 Å². The Morgan fingerprint density at radius 3 is 2.00 bits per heavy atom. The molecular formula is C12H26NO5P. The lowest BCUT2D eigenvalue weighted by Crippen LogP contribution is -2.21. The predicted molar refractivity (Wildman–Crippen MR) is 74.0 cm³/mol. The number of amides is 1. The predicted octanol–water partition coefficient (Wildman–Crippen LogP) is 2.88. The number of hydrogen-bond acceptors (Lipinski definition) is 5. The molecule has 114 valence electrons. The van der Waals surface area contributed by atoms with Crippen LogP contribution < -0.4 is 5.32 Å². The molecule has 1 aliphatic rings. The zero-order chi connectivity index (χ0) is 14.6. The molecule has 1 saturated heterocycles.